The molecule has 2 aromatic heterocycles. The van der Waals surface area contributed by atoms with E-state index >= 15 is 0 Å². The fraction of sp³-hybridized carbons (Fsp3) is 0.538. The lowest BCUT2D eigenvalue weighted by Crippen LogP contribution is -2.13. The molecule has 0 saturated carbocycles. The van der Waals surface area contributed by atoms with Gasteiger partial charge in [-0.3, -0.25) is 4.72 Å². The Morgan fingerprint density at radius 3 is 2.71 bits per heavy atom. The molecule has 0 aromatic carbocycles. The van der Waals surface area contributed by atoms with Crippen LogP contribution in [-0.2, 0) is 23.0 Å². The second-order valence-electron chi connectivity index (χ2n) is 5.28. The second kappa shape index (κ2) is 6.15. The number of imidazole rings is 1. The van der Waals surface area contributed by atoms with Crippen LogP contribution in [-0.4, -0.2) is 23.0 Å². The van der Waals surface area contributed by atoms with Gasteiger partial charge in [-0.15, -0.1) is 11.3 Å². The highest BCUT2D eigenvalue weighted by Crippen LogP contribution is 2.24. The van der Waals surface area contributed by atoms with Gasteiger partial charge >= 0.3 is 0 Å². The molecule has 0 unspecified atom stereocenters. The van der Waals surface area contributed by atoms with Gasteiger partial charge in [-0.1, -0.05) is 20.8 Å². The van der Waals surface area contributed by atoms with Crippen LogP contribution in [0.5, 0.6) is 0 Å². The predicted molar refractivity (Wildman–Crippen MR) is 84.1 cm³/mol. The van der Waals surface area contributed by atoms with Gasteiger partial charge in [-0.05, 0) is 19.3 Å². The smallest absolute Gasteiger partial charge is 0.282 e. The van der Waals surface area contributed by atoms with Crippen LogP contribution in [0.4, 0.5) is 5.13 Å². The zero-order valence-electron chi connectivity index (χ0n) is 12.6. The molecule has 0 bridgehead atoms. The molecule has 0 aliphatic carbocycles. The van der Waals surface area contributed by atoms with Gasteiger partial charge in [0.15, 0.2) is 10.2 Å². The Hall–Kier alpha value is -1.41. The van der Waals surface area contributed by atoms with Crippen LogP contribution >= 0.6 is 11.3 Å². The maximum absolute atomic E-state index is 12.3. The number of anilines is 1. The van der Waals surface area contributed by atoms with Crippen molar-refractivity contribution in [1.82, 2.24) is 14.5 Å². The van der Waals surface area contributed by atoms with Crippen molar-refractivity contribution >= 4 is 26.5 Å². The Morgan fingerprint density at radius 1 is 1.43 bits per heavy atom. The largest absolute Gasteiger partial charge is 0.336 e. The fourth-order valence-electron chi connectivity index (χ4n) is 1.97. The molecule has 6 nitrogen and oxygen atoms in total. The van der Waals surface area contributed by atoms with Gasteiger partial charge in [0.1, 0.15) is 0 Å². The van der Waals surface area contributed by atoms with Gasteiger partial charge in [0.25, 0.3) is 10.0 Å². The summed E-state index contributed by atoms with van der Waals surface area (Å²) in [5.41, 5.74) is 0.919. The molecule has 0 amide bonds. The van der Waals surface area contributed by atoms with Crippen molar-refractivity contribution in [2.45, 2.75) is 45.7 Å². The first-order chi connectivity index (χ1) is 9.81. The molecule has 0 aliphatic rings. The SMILES string of the molecule is CCc1nc(NS(=O)(=O)c2cn(CC(C)C)cn2)sc1C. The first-order valence-corrected chi connectivity index (χ1v) is 9.12. The molecular formula is C13H20N4O2S2. The van der Waals surface area contributed by atoms with Crippen LogP contribution in [0.3, 0.4) is 0 Å². The molecular weight excluding hydrogens is 308 g/mol. The van der Waals surface area contributed by atoms with Crippen molar-refractivity contribution < 1.29 is 8.42 Å². The number of thiazole rings is 1. The number of sulfonamides is 1. The number of nitrogens with zero attached hydrogens (tertiary/aromatic N) is 3. The van der Waals surface area contributed by atoms with E-state index in [1.165, 1.54) is 11.3 Å². The highest BCUT2D eigenvalue weighted by atomic mass is 32.2. The number of aromatic nitrogens is 3. The van der Waals surface area contributed by atoms with Crippen LogP contribution in [0, 0.1) is 12.8 Å². The average Bonchev–Trinajstić information content (AvgIpc) is 2.95. The topological polar surface area (TPSA) is 76.9 Å². The van der Waals surface area contributed by atoms with E-state index in [4.69, 9.17) is 0 Å². The molecule has 0 aliphatic heterocycles. The van der Waals surface area contributed by atoms with E-state index in [0.29, 0.717) is 11.0 Å². The number of rotatable bonds is 6. The Morgan fingerprint density at radius 2 is 2.14 bits per heavy atom. The maximum Gasteiger partial charge on any atom is 0.282 e. The van der Waals surface area contributed by atoms with Gasteiger partial charge in [-0.25, -0.2) is 9.97 Å². The fourth-order valence-corrected chi connectivity index (χ4v) is 4.06. The minimum atomic E-state index is -3.67. The highest BCUT2D eigenvalue weighted by molar-refractivity contribution is 7.92. The molecule has 0 spiro atoms. The van der Waals surface area contributed by atoms with E-state index in [9.17, 15) is 8.42 Å². The molecule has 2 aromatic rings. The summed E-state index contributed by atoms with van der Waals surface area (Å²) >= 11 is 1.34. The minimum absolute atomic E-state index is 0.0223. The Balaban J connectivity index is 2.19. The maximum atomic E-state index is 12.3. The zero-order chi connectivity index (χ0) is 15.6. The summed E-state index contributed by atoms with van der Waals surface area (Å²) < 4.78 is 28.9. The summed E-state index contributed by atoms with van der Waals surface area (Å²) in [7, 11) is -3.67. The summed E-state index contributed by atoms with van der Waals surface area (Å²) in [6, 6.07) is 0. The van der Waals surface area contributed by atoms with Crippen molar-refractivity contribution in [2.24, 2.45) is 5.92 Å². The van der Waals surface area contributed by atoms with Crippen LogP contribution < -0.4 is 4.72 Å². The first kappa shape index (κ1) is 16.0. The van der Waals surface area contributed by atoms with E-state index in [-0.39, 0.29) is 5.03 Å². The molecule has 0 radical (unpaired) electrons. The van der Waals surface area contributed by atoms with Crippen molar-refractivity contribution in [3.05, 3.63) is 23.1 Å². The molecule has 2 rings (SSSR count). The van der Waals surface area contributed by atoms with E-state index < -0.39 is 10.0 Å². The quantitative estimate of drug-likeness (QED) is 0.884. The molecule has 0 saturated heterocycles. The second-order valence-corrected chi connectivity index (χ2v) is 8.12. The van der Waals surface area contributed by atoms with Crippen molar-refractivity contribution in [3.63, 3.8) is 0 Å². The van der Waals surface area contributed by atoms with E-state index in [1.54, 1.807) is 17.1 Å². The molecule has 0 atom stereocenters. The summed E-state index contributed by atoms with van der Waals surface area (Å²) in [5.74, 6) is 0.427. The highest BCUT2D eigenvalue weighted by Gasteiger charge is 2.20. The van der Waals surface area contributed by atoms with E-state index in [2.05, 4.69) is 28.5 Å². The average molecular weight is 328 g/mol. The van der Waals surface area contributed by atoms with Crippen molar-refractivity contribution in [1.29, 1.82) is 0 Å². The third-order valence-corrected chi connectivity index (χ3v) is 5.19. The van der Waals surface area contributed by atoms with Crippen LogP contribution in [0.25, 0.3) is 0 Å². The predicted octanol–water partition coefficient (Wildman–Crippen LogP) is 2.67. The van der Waals surface area contributed by atoms with Gasteiger partial charge in [0.05, 0.1) is 12.0 Å². The van der Waals surface area contributed by atoms with Gasteiger partial charge in [0.2, 0.25) is 0 Å². The molecule has 21 heavy (non-hydrogen) atoms. The third kappa shape index (κ3) is 3.82. The summed E-state index contributed by atoms with van der Waals surface area (Å²) in [4.78, 5) is 9.29. The molecule has 0 fully saturated rings. The Labute approximate surface area is 129 Å². The number of aryl methyl sites for hydroxylation is 2. The lowest BCUT2D eigenvalue weighted by molar-refractivity contribution is 0.522. The molecule has 1 N–H and O–H groups in total. The Bertz CT molecular complexity index is 716. The van der Waals surface area contributed by atoms with Gasteiger partial charge in [0, 0.05) is 17.6 Å². The monoisotopic (exact) mass is 328 g/mol. The number of nitrogens with one attached hydrogen (secondary N) is 1. The standard InChI is InChI=1S/C13H20N4O2S2/c1-5-11-10(4)20-13(15-11)16-21(18,19)12-7-17(8-14-12)6-9(2)3/h7-9H,5-6H2,1-4H3,(H,15,16). The van der Waals surface area contributed by atoms with Gasteiger partial charge in [-0.2, -0.15) is 8.42 Å². The number of hydrogen-bond donors (Lipinski definition) is 1. The molecule has 2 heterocycles. The van der Waals surface area contributed by atoms with E-state index in [0.717, 1.165) is 23.5 Å². The summed E-state index contributed by atoms with van der Waals surface area (Å²) in [5, 5.41) is 0.414. The first-order valence-electron chi connectivity index (χ1n) is 6.82. The lowest BCUT2D eigenvalue weighted by Gasteiger charge is -2.04. The van der Waals surface area contributed by atoms with Gasteiger partial charge < -0.3 is 4.57 Å². The van der Waals surface area contributed by atoms with Crippen LogP contribution in [0.15, 0.2) is 17.6 Å². The lowest BCUT2D eigenvalue weighted by atomic mass is 10.2. The van der Waals surface area contributed by atoms with Crippen LogP contribution in [0.2, 0.25) is 0 Å². The molecule has 116 valence electrons. The molecule has 8 heteroatoms. The summed E-state index contributed by atoms with van der Waals surface area (Å²) in [6.07, 6.45) is 3.87. The van der Waals surface area contributed by atoms with Crippen LogP contribution in [0.1, 0.15) is 31.3 Å². The Kier molecular flexibility index (Phi) is 4.67. The van der Waals surface area contributed by atoms with Crippen molar-refractivity contribution in [2.75, 3.05) is 4.72 Å². The third-order valence-electron chi connectivity index (χ3n) is 2.91. The van der Waals surface area contributed by atoms with Crippen molar-refractivity contribution in [3.8, 4) is 0 Å². The number of hydrogen-bond acceptors (Lipinski definition) is 5. The van der Waals surface area contributed by atoms with E-state index in [1.807, 2.05) is 13.8 Å². The zero-order valence-corrected chi connectivity index (χ0v) is 14.3. The summed E-state index contributed by atoms with van der Waals surface area (Å²) in [6.45, 7) is 8.80. The normalized spacial score (nSPS) is 12.0. The minimum Gasteiger partial charge on any atom is -0.336 e.